The number of carbonyl (C=O) groups excluding carboxylic acids is 1. The van der Waals surface area contributed by atoms with Crippen LogP contribution in [0.5, 0.6) is 5.75 Å². The Morgan fingerprint density at radius 2 is 1.89 bits per heavy atom. The first-order valence-corrected chi connectivity index (χ1v) is 12.8. The first-order chi connectivity index (χ1) is 17.7. The van der Waals surface area contributed by atoms with Crippen molar-refractivity contribution >= 4 is 23.2 Å². The summed E-state index contributed by atoms with van der Waals surface area (Å²) in [5.41, 5.74) is 4.71. The molecule has 4 rings (SSSR count). The van der Waals surface area contributed by atoms with Crippen LogP contribution in [0.1, 0.15) is 54.8 Å². The van der Waals surface area contributed by atoms with Crippen molar-refractivity contribution < 1.29 is 19.7 Å². The summed E-state index contributed by atoms with van der Waals surface area (Å²) in [5.74, 6) is 0.277. The Bertz CT molecular complexity index is 1370. The molecule has 0 fully saturated rings. The maximum absolute atomic E-state index is 12.9. The Hall–Kier alpha value is -3.39. The highest BCUT2D eigenvalue weighted by atomic mass is 35.5. The summed E-state index contributed by atoms with van der Waals surface area (Å²) in [6, 6.07) is 16.5. The number of carbonyl (C=O) groups is 1. The minimum Gasteiger partial charge on any atom is -0.489 e. The van der Waals surface area contributed by atoms with E-state index in [9.17, 15) is 15.0 Å². The van der Waals surface area contributed by atoms with Gasteiger partial charge in [-0.3, -0.25) is 4.79 Å². The number of aromatic nitrogens is 2. The van der Waals surface area contributed by atoms with Gasteiger partial charge >= 0.3 is 0 Å². The monoisotopic (exact) mass is 521 g/mol. The molecule has 2 atom stereocenters. The van der Waals surface area contributed by atoms with Crippen LogP contribution in [-0.2, 0) is 6.42 Å². The molecular formula is C29H32ClN3O4. The Morgan fingerprint density at radius 1 is 1.14 bits per heavy atom. The van der Waals surface area contributed by atoms with Crippen molar-refractivity contribution in [2.75, 3.05) is 6.61 Å². The van der Waals surface area contributed by atoms with E-state index < -0.39 is 6.10 Å². The second-order valence-corrected chi connectivity index (χ2v) is 9.80. The fourth-order valence-electron chi connectivity index (χ4n) is 4.24. The first-order valence-electron chi connectivity index (χ1n) is 12.4. The van der Waals surface area contributed by atoms with Crippen LogP contribution < -0.4 is 10.1 Å². The largest absolute Gasteiger partial charge is 0.489 e. The van der Waals surface area contributed by atoms with E-state index in [2.05, 4.69) is 5.32 Å². The summed E-state index contributed by atoms with van der Waals surface area (Å²) in [4.78, 5) is 17.6. The third-order valence-corrected chi connectivity index (χ3v) is 6.36. The fraction of sp³-hybridized carbons (Fsp3) is 0.310. The van der Waals surface area contributed by atoms with Gasteiger partial charge in [0, 0.05) is 41.7 Å². The third kappa shape index (κ3) is 6.49. The number of amides is 1. The van der Waals surface area contributed by atoms with E-state index in [1.54, 1.807) is 25.1 Å². The molecule has 0 bridgehead atoms. The van der Waals surface area contributed by atoms with Crippen molar-refractivity contribution in [2.24, 2.45) is 0 Å². The summed E-state index contributed by atoms with van der Waals surface area (Å²) < 4.78 is 7.55. The molecule has 2 unspecified atom stereocenters. The number of hydrogen-bond acceptors (Lipinski definition) is 5. The number of halogens is 1. The van der Waals surface area contributed by atoms with Crippen LogP contribution in [0, 0.1) is 0 Å². The van der Waals surface area contributed by atoms with Crippen molar-refractivity contribution in [2.45, 2.75) is 51.9 Å². The molecule has 0 radical (unpaired) electrons. The number of nitrogens with zero attached hydrogens (tertiary/aromatic N) is 2. The molecule has 0 aliphatic rings. The van der Waals surface area contributed by atoms with Crippen molar-refractivity contribution in [3.05, 3.63) is 88.7 Å². The standard InChI is InChI=1S/C29H32ClN3O4/c1-18(2)37-27-11-10-22(16-25(27)30)29(36)31-23(12-14-34)15-20-6-8-21(9-7-20)26-17-33-13-4-5-24(19(3)35)28(33)32-26/h4-11,13,16-19,23,34-35H,12,14-15H2,1-3H3,(H,31,36). The molecule has 8 heteroatoms. The molecule has 2 aromatic carbocycles. The van der Waals surface area contributed by atoms with E-state index in [-0.39, 0.29) is 24.7 Å². The van der Waals surface area contributed by atoms with E-state index >= 15 is 0 Å². The van der Waals surface area contributed by atoms with Gasteiger partial charge < -0.3 is 24.7 Å². The Labute approximate surface area is 221 Å². The summed E-state index contributed by atoms with van der Waals surface area (Å²) in [6.07, 6.45) is 4.20. The maximum atomic E-state index is 12.9. The second kappa shape index (κ2) is 11.8. The van der Waals surface area contributed by atoms with Crippen molar-refractivity contribution in [3.63, 3.8) is 0 Å². The number of fused-ring (bicyclic) bond motifs is 1. The number of benzene rings is 2. The van der Waals surface area contributed by atoms with Gasteiger partial charge in [0.05, 0.1) is 22.9 Å². The van der Waals surface area contributed by atoms with Gasteiger partial charge in [0.15, 0.2) is 0 Å². The van der Waals surface area contributed by atoms with Gasteiger partial charge in [-0.25, -0.2) is 4.98 Å². The van der Waals surface area contributed by atoms with E-state index in [4.69, 9.17) is 21.3 Å². The molecule has 194 valence electrons. The lowest BCUT2D eigenvalue weighted by atomic mass is 10.0. The lowest BCUT2D eigenvalue weighted by Crippen LogP contribution is -2.37. The van der Waals surface area contributed by atoms with Gasteiger partial charge in [0.2, 0.25) is 0 Å². The quantitative estimate of drug-likeness (QED) is 0.266. The van der Waals surface area contributed by atoms with Crippen molar-refractivity contribution in [3.8, 4) is 17.0 Å². The van der Waals surface area contributed by atoms with Gasteiger partial charge in [0.1, 0.15) is 11.4 Å². The third-order valence-electron chi connectivity index (χ3n) is 6.06. The zero-order chi connectivity index (χ0) is 26.5. The van der Waals surface area contributed by atoms with Crippen LogP contribution >= 0.6 is 11.6 Å². The minimum atomic E-state index is -0.609. The molecule has 2 aromatic heterocycles. The Morgan fingerprint density at radius 3 is 2.54 bits per heavy atom. The summed E-state index contributed by atoms with van der Waals surface area (Å²) in [6.45, 7) is 5.50. The number of imidazole rings is 1. The predicted molar refractivity (Wildman–Crippen MR) is 145 cm³/mol. The lowest BCUT2D eigenvalue weighted by molar-refractivity contribution is 0.0930. The molecule has 1 amide bonds. The minimum absolute atomic E-state index is 0.0214. The van der Waals surface area contributed by atoms with Crippen LogP contribution in [0.15, 0.2) is 67.0 Å². The number of pyridine rings is 1. The normalized spacial score (nSPS) is 13.1. The van der Waals surface area contributed by atoms with Gasteiger partial charge in [-0.15, -0.1) is 0 Å². The van der Waals surface area contributed by atoms with Gasteiger partial charge in [0.25, 0.3) is 5.91 Å². The molecular weight excluding hydrogens is 490 g/mol. The molecule has 0 saturated carbocycles. The molecule has 37 heavy (non-hydrogen) atoms. The Kier molecular flexibility index (Phi) is 8.48. The van der Waals surface area contributed by atoms with E-state index in [0.717, 1.165) is 28.0 Å². The van der Waals surface area contributed by atoms with Crippen molar-refractivity contribution in [1.29, 1.82) is 0 Å². The molecule has 7 nitrogen and oxygen atoms in total. The van der Waals surface area contributed by atoms with Crippen LogP contribution in [0.25, 0.3) is 16.9 Å². The molecule has 4 aromatic rings. The molecule has 0 aliphatic heterocycles. The highest BCUT2D eigenvalue weighted by molar-refractivity contribution is 6.32. The van der Waals surface area contributed by atoms with Crippen molar-refractivity contribution in [1.82, 2.24) is 14.7 Å². The molecule has 2 heterocycles. The molecule has 3 N–H and O–H groups in total. The van der Waals surface area contributed by atoms with Crippen LogP contribution in [0.4, 0.5) is 0 Å². The number of aliphatic hydroxyl groups is 2. The predicted octanol–water partition coefficient (Wildman–Crippen LogP) is 5.22. The summed E-state index contributed by atoms with van der Waals surface area (Å²) in [5, 5.41) is 23.0. The average Bonchev–Trinajstić information content (AvgIpc) is 3.30. The molecule has 0 aliphatic carbocycles. The zero-order valence-corrected chi connectivity index (χ0v) is 21.9. The number of nitrogens with one attached hydrogen (secondary N) is 1. The molecule has 0 spiro atoms. The van der Waals surface area contributed by atoms with E-state index in [0.29, 0.717) is 29.2 Å². The Balaban J connectivity index is 1.46. The first kappa shape index (κ1) is 26.7. The smallest absolute Gasteiger partial charge is 0.251 e. The zero-order valence-electron chi connectivity index (χ0n) is 21.2. The maximum Gasteiger partial charge on any atom is 0.251 e. The number of ether oxygens (including phenoxy) is 1. The van der Waals surface area contributed by atoms with Gasteiger partial charge in [-0.2, -0.15) is 0 Å². The van der Waals surface area contributed by atoms with E-state index in [1.807, 2.05) is 67.0 Å². The fourth-order valence-corrected chi connectivity index (χ4v) is 4.46. The number of hydrogen-bond donors (Lipinski definition) is 3. The van der Waals surface area contributed by atoms with Gasteiger partial charge in [-0.1, -0.05) is 41.9 Å². The summed E-state index contributed by atoms with van der Waals surface area (Å²) in [7, 11) is 0. The lowest BCUT2D eigenvalue weighted by Gasteiger charge is -2.19. The van der Waals surface area contributed by atoms with Crippen LogP contribution in [-0.4, -0.2) is 44.3 Å². The average molecular weight is 522 g/mol. The van der Waals surface area contributed by atoms with Crippen LogP contribution in [0.3, 0.4) is 0 Å². The highest BCUT2D eigenvalue weighted by Crippen LogP contribution is 2.27. The number of rotatable bonds is 10. The molecule has 0 saturated heterocycles. The van der Waals surface area contributed by atoms with Crippen LogP contribution in [0.2, 0.25) is 5.02 Å². The topological polar surface area (TPSA) is 96.1 Å². The number of aliphatic hydroxyl groups excluding tert-OH is 2. The van der Waals surface area contributed by atoms with E-state index in [1.165, 1.54) is 0 Å². The summed E-state index contributed by atoms with van der Waals surface area (Å²) >= 11 is 6.30. The highest BCUT2D eigenvalue weighted by Gasteiger charge is 2.17. The second-order valence-electron chi connectivity index (χ2n) is 9.39. The SMILES string of the molecule is CC(C)Oc1ccc(C(=O)NC(CCO)Cc2ccc(-c3cn4cccc(C(C)O)c4n3)cc2)cc1Cl. The van der Waals surface area contributed by atoms with Gasteiger partial charge in [-0.05, 0) is 63.4 Å².